The second-order valence-electron chi connectivity index (χ2n) is 13.7. The molecule has 7 rings (SSSR count). The molecule has 212 valence electrons. The van der Waals surface area contributed by atoms with Gasteiger partial charge in [0.25, 0.3) is 0 Å². The monoisotopic (exact) mass is 532 g/mol. The van der Waals surface area contributed by atoms with Crippen molar-refractivity contribution in [1.82, 2.24) is 19.4 Å². The van der Waals surface area contributed by atoms with E-state index in [2.05, 4.69) is 38.6 Å². The molecular weight excluding hydrogens is 484 g/mol. The molecule has 4 bridgehead atoms. The van der Waals surface area contributed by atoms with Gasteiger partial charge in [0.2, 0.25) is 0 Å². The minimum Gasteiger partial charge on any atom is -0.468 e. The van der Waals surface area contributed by atoms with E-state index in [9.17, 15) is 4.79 Å². The lowest BCUT2D eigenvalue weighted by atomic mass is 9.73. The summed E-state index contributed by atoms with van der Waals surface area (Å²) in [4.78, 5) is 22.7. The van der Waals surface area contributed by atoms with E-state index >= 15 is 0 Å². The van der Waals surface area contributed by atoms with Crippen molar-refractivity contribution in [1.29, 1.82) is 0 Å². The van der Waals surface area contributed by atoms with E-state index in [1.165, 1.54) is 95.5 Å². The molecule has 0 amide bonds. The highest BCUT2D eigenvalue weighted by atomic mass is 16.5. The number of piperidine rings is 3. The Kier molecular flexibility index (Phi) is 7.44. The van der Waals surface area contributed by atoms with Crippen molar-refractivity contribution in [3.05, 3.63) is 30.1 Å². The van der Waals surface area contributed by atoms with Crippen LogP contribution >= 0.6 is 0 Å². The van der Waals surface area contributed by atoms with Gasteiger partial charge in [0.05, 0.1) is 24.7 Å². The Labute approximate surface area is 234 Å². The molecule has 0 radical (unpaired) electrons. The molecule has 4 heterocycles. The molecule has 2 saturated carbocycles. The molecule has 2 aliphatic carbocycles. The lowest BCUT2D eigenvalue weighted by Crippen LogP contribution is -2.58. The number of ether oxygens (including phenoxy) is 1. The second kappa shape index (κ2) is 11.2. The maximum absolute atomic E-state index is 12.0. The maximum Gasteiger partial charge on any atom is 0.319 e. The molecule has 5 aliphatic rings. The Morgan fingerprint density at radius 1 is 0.846 bits per heavy atom. The smallest absolute Gasteiger partial charge is 0.319 e. The van der Waals surface area contributed by atoms with Gasteiger partial charge in [-0.05, 0) is 88.3 Å². The third-order valence-electron chi connectivity index (χ3n) is 11.2. The van der Waals surface area contributed by atoms with Crippen molar-refractivity contribution in [2.24, 2.45) is 11.8 Å². The third-order valence-corrected chi connectivity index (χ3v) is 11.2. The Morgan fingerprint density at radius 3 is 2.33 bits per heavy atom. The number of fused-ring (bicyclic) bond motifs is 5. The van der Waals surface area contributed by atoms with Gasteiger partial charge < -0.3 is 9.30 Å². The van der Waals surface area contributed by atoms with Gasteiger partial charge in [-0.15, -0.1) is 0 Å². The minimum absolute atomic E-state index is 0.132. The molecule has 5 unspecified atom stereocenters. The summed E-state index contributed by atoms with van der Waals surface area (Å²) in [7, 11) is 1.49. The quantitative estimate of drug-likeness (QED) is 0.423. The van der Waals surface area contributed by atoms with Gasteiger partial charge in [-0.2, -0.15) is 0 Å². The first-order valence-corrected chi connectivity index (χ1v) is 16.2. The number of benzene rings is 1. The number of likely N-dealkylation sites (tertiary alicyclic amines) is 1. The average Bonchev–Trinajstić information content (AvgIpc) is 3.26. The first-order chi connectivity index (χ1) is 19.2. The number of carbonyl (C=O) groups excluding carboxylic acids is 1. The van der Waals surface area contributed by atoms with E-state index in [-0.39, 0.29) is 5.97 Å². The van der Waals surface area contributed by atoms with Gasteiger partial charge in [-0.1, -0.05) is 44.2 Å². The number of hydrogen-bond donors (Lipinski definition) is 0. The van der Waals surface area contributed by atoms with Crippen LogP contribution in [-0.4, -0.2) is 70.2 Å². The number of hydrogen-bond acceptors (Lipinski definition) is 5. The maximum atomic E-state index is 12.0. The van der Waals surface area contributed by atoms with Crippen molar-refractivity contribution in [2.45, 2.75) is 120 Å². The van der Waals surface area contributed by atoms with Crippen LogP contribution < -0.4 is 0 Å². The molecule has 1 aromatic heterocycles. The van der Waals surface area contributed by atoms with Crippen LogP contribution in [0.5, 0.6) is 0 Å². The second-order valence-corrected chi connectivity index (χ2v) is 13.7. The standard InChI is InChI=1S/C33H48N4O2/c1-39-32(38)22-35-15-7-10-25(21-35)33-34-30-13-4-5-14-31(30)37(33)29-19-26-11-6-12-27(20-29)36(26)28-17-23-8-2-3-9-24(16-23)18-28/h4-5,13-14,23-29H,2-3,6-12,15-22H2,1H3. The van der Waals surface area contributed by atoms with Crippen molar-refractivity contribution in [2.75, 3.05) is 26.7 Å². The average molecular weight is 533 g/mol. The van der Waals surface area contributed by atoms with E-state index < -0.39 is 0 Å². The summed E-state index contributed by atoms with van der Waals surface area (Å²) in [6.45, 7) is 2.26. The van der Waals surface area contributed by atoms with Gasteiger partial charge in [0, 0.05) is 36.6 Å². The largest absolute Gasteiger partial charge is 0.468 e. The Hall–Kier alpha value is -1.92. The zero-order valence-corrected chi connectivity index (χ0v) is 24.0. The van der Waals surface area contributed by atoms with E-state index in [4.69, 9.17) is 9.72 Å². The fourth-order valence-corrected chi connectivity index (χ4v) is 9.70. The topological polar surface area (TPSA) is 50.6 Å². The van der Waals surface area contributed by atoms with Crippen LogP contribution in [0.1, 0.15) is 108 Å². The number of imidazole rings is 1. The minimum atomic E-state index is -0.132. The predicted octanol–water partition coefficient (Wildman–Crippen LogP) is 6.31. The number of methoxy groups -OCH3 is 1. The van der Waals surface area contributed by atoms with Crippen LogP contribution in [0.15, 0.2) is 24.3 Å². The molecule has 0 spiro atoms. The molecule has 5 fully saturated rings. The van der Waals surface area contributed by atoms with Crippen LogP contribution in [0, 0.1) is 11.8 Å². The van der Waals surface area contributed by atoms with Crippen LogP contribution in [0.2, 0.25) is 0 Å². The number of carbonyl (C=O) groups is 1. The Bertz CT molecular complexity index is 1130. The van der Waals surface area contributed by atoms with E-state index in [0.29, 0.717) is 18.5 Å². The van der Waals surface area contributed by atoms with Crippen LogP contribution in [-0.2, 0) is 9.53 Å². The molecular formula is C33H48N4O2. The zero-order valence-electron chi connectivity index (χ0n) is 24.0. The van der Waals surface area contributed by atoms with Crippen LogP contribution in [0.4, 0.5) is 0 Å². The first kappa shape index (κ1) is 26.0. The molecule has 39 heavy (non-hydrogen) atoms. The summed E-state index contributed by atoms with van der Waals surface area (Å²) in [5.74, 6) is 3.48. The molecule has 6 heteroatoms. The highest BCUT2D eigenvalue weighted by Gasteiger charge is 2.45. The SMILES string of the molecule is COC(=O)CN1CCCC(c2nc3ccccc3n2C2CC3CCCC(C2)N3C2CC3CCCCC(C3)C2)C1. The number of aromatic nitrogens is 2. The summed E-state index contributed by atoms with van der Waals surface area (Å²) in [6, 6.07) is 11.6. The van der Waals surface area contributed by atoms with E-state index in [0.717, 1.165) is 61.4 Å². The van der Waals surface area contributed by atoms with Gasteiger partial charge in [-0.25, -0.2) is 4.98 Å². The normalized spacial score (nSPS) is 36.0. The molecule has 5 atom stereocenters. The zero-order chi connectivity index (χ0) is 26.3. The lowest BCUT2D eigenvalue weighted by molar-refractivity contribution is -0.142. The van der Waals surface area contributed by atoms with E-state index in [1.54, 1.807) is 0 Å². The number of rotatable bonds is 5. The van der Waals surface area contributed by atoms with Crippen molar-refractivity contribution < 1.29 is 9.53 Å². The number of para-hydroxylation sites is 2. The fourth-order valence-electron chi connectivity index (χ4n) is 9.70. The first-order valence-electron chi connectivity index (χ1n) is 16.2. The molecule has 0 N–H and O–H groups in total. The highest BCUT2D eigenvalue weighted by Crippen LogP contribution is 2.48. The van der Waals surface area contributed by atoms with E-state index in [1.807, 2.05) is 0 Å². The summed E-state index contributed by atoms with van der Waals surface area (Å²) < 4.78 is 7.67. The molecule has 6 nitrogen and oxygen atoms in total. The number of esters is 1. The third kappa shape index (κ3) is 5.16. The fraction of sp³-hybridized carbons (Fsp3) is 0.758. The molecule has 3 aliphatic heterocycles. The summed E-state index contributed by atoms with van der Waals surface area (Å²) in [6.07, 6.45) is 19.3. The van der Waals surface area contributed by atoms with Gasteiger partial charge in [0.1, 0.15) is 5.82 Å². The van der Waals surface area contributed by atoms with Crippen molar-refractivity contribution in [3.8, 4) is 0 Å². The molecule has 1 aromatic carbocycles. The lowest BCUT2D eigenvalue weighted by Gasteiger charge is -2.55. The van der Waals surface area contributed by atoms with Crippen LogP contribution in [0.3, 0.4) is 0 Å². The van der Waals surface area contributed by atoms with Crippen LogP contribution in [0.25, 0.3) is 11.0 Å². The highest BCUT2D eigenvalue weighted by molar-refractivity contribution is 5.76. The summed E-state index contributed by atoms with van der Waals surface area (Å²) in [5, 5.41) is 0. The molecule has 2 aromatic rings. The summed E-state index contributed by atoms with van der Waals surface area (Å²) >= 11 is 0. The Balaban J connectivity index is 1.16. The van der Waals surface area contributed by atoms with Gasteiger partial charge in [-0.3, -0.25) is 14.6 Å². The Morgan fingerprint density at radius 2 is 1.59 bits per heavy atom. The predicted molar refractivity (Wildman–Crippen MR) is 155 cm³/mol. The van der Waals surface area contributed by atoms with Crippen molar-refractivity contribution >= 4 is 17.0 Å². The van der Waals surface area contributed by atoms with Gasteiger partial charge >= 0.3 is 5.97 Å². The summed E-state index contributed by atoms with van der Waals surface area (Å²) in [5.41, 5.74) is 2.46. The number of nitrogens with zero attached hydrogens (tertiary/aromatic N) is 4. The van der Waals surface area contributed by atoms with Crippen molar-refractivity contribution in [3.63, 3.8) is 0 Å². The molecule has 3 saturated heterocycles. The van der Waals surface area contributed by atoms with Gasteiger partial charge in [0.15, 0.2) is 0 Å².